The molecule has 2 aliphatic rings. The van der Waals surface area contributed by atoms with Crippen molar-refractivity contribution in [1.82, 2.24) is 10.2 Å². The molecule has 1 atom stereocenters. The van der Waals surface area contributed by atoms with Crippen LogP contribution in [0.1, 0.15) is 63.7 Å². The quantitative estimate of drug-likeness (QED) is 0.481. The minimum Gasteiger partial charge on any atom is -0.454 e. The zero-order valence-corrected chi connectivity index (χ0v) is 18.7. The molecule has 2 aromatic rings. The maximum Gasteiger partial charge on any atom is 0.329 e. The molecule has 4 amide bonds. The van der Waals surface area contributed by atoms with Gasteiger partial charge in [0.15, 0.2) is 6.61 Å². The number of hydrogen-bond acceptors (Lipinski definition) is 6. The van der Waals surface area contributed by atoms with Crippen molar-refractivity contribution in [2.24, 2.45) is 0 Å². The second kappa shape index (κ2) is 9.86. The van der Waals surface area contributed by atoms with Gasteiger partial charge in [0.25, 0.3) is 23.6 Å². The predicted molar refractivity (Wildman–Crippen MR) is 122 cm³/mol. The van der Waals surface area contributed by atoms with Gasteiger partial charge in [0, 0.05) is 6.04 Å². The molecule has 2 aromatic carbocycles. The molecule has 1 aliphatic heterocycles. The van der Waals surface area contributed by atoms with Gasteiger partial charge in [0.05, 0.1) is 22.4 Å². The van der Waals surface area contributed by atoms with E-state index in [-0.39, 0.29) is 23.1 Å². The Morgan fingerprint density at radius 1 is 0.971 bits per heavy atom. The first-order chi connectivity index (χ1) is 16.4. The minimum absolute atomic E-state index is 0.126. The van der Waals surface area contributed by atoms with E-state index in [1.54, 1.807) is 36.4 Å². The van der Waals surface area contributed by atoms with Crippen LogP contribution in [-0.4, -0.2) is 53.2 Å². The second-order valence-corrected chi connectivity index (χ2v) is 8.36. The van der Waals surface area contributed by atoms with E-state index in [1.807, 2.05) is 0 Å². The van der Waals surface area contributed by atoms with Gasteiger partial charge in [-0.15, -0.1) is 0 Å². The van der Waals surface area contributed by atoms with Crippen molar-refractivity contribution in [3.8, 4) is 0 Å². The molecule has 9 heteroatoms. The van der Waals surface area contributed by atoms with E-state index in [2.05, 4.69) is 10.6 Å². The molecule has 2 N–H and O–H groups in total. The van der Waals surface area contributed by atoms with E-state index < -0.39 is 36.3 Å². The fraction of sp³-hybridized carbons (Fsp3) is 0.320. The molecule has 0 spiro atoms. The van der Waals surface area contributed by atoms with Crippen LogP contribution >= 0.6 is 0 Å². The lowest BCUT2D eigenvalue weighted by Crippen LogP contribution is -2.44. The van der Waals surface area contributed by atoms with E-state index in [9.17, 15) is 24.0 Å². The summed E-state index contributed by atoms with van der Waals surface area (Å²) in [4.78, 5) is 63.5. The molecule has 4 rings (SSSR count). The molecule has 0 aromatic heterocycles. The Morgan fingerprint density at radius 2 is 1.56 bits per heavy atom. The lowest BCUT2D eigenvalue weighted by atomic mass is 10.1. The van der Waals surface area contributed by atoms with E-state index in [4.69, 9.17) is 4.74 Å². The summed E-state index contributed by atoms with van der Waals surface area (Å²) in [5.74, 6) is -2.99. The molecule has 9 nitrogen and oxygen atoms in total. The molecular formula is C25H25N3O6. The number of para-hydroxylation sites is 1. The third-order valence-corrected chi connectivity index (χ3v) is 6.04. The number of nitrogens with zero attached hydrogens (tertiary/aromatic N) is 1. The van der Waals surface area contributed by atoms with Crippen LogP contribution in [0.2, 0.25) is 0 Å². The molecule has 1 heterocycles. The second-order valence-electron chi connectivity index (χ2n) is 8.36. The summed E-state index contributed by atoms with van der Waals surface area (Å²) in [6.07, 6.45) is 4.02. The fourth-order valence-corrected chi connectivity index (χ4v) is 4.23. The predicted octanol–water partition coefficient (Wildman–Crippen LogP) is 2.53. The van der Waals surface area contributed by atoms with E-state index in [0.29, 0.717) is 11.3 Å². The molecule has 1 saturated carbocycles. The number of amides is 4. The number of rotatable bonds is 7. The zero-order valence-electron chi connectivity index (χ0n) is 18.7. The lowest BCUT2D eigenvalue weighted by Gasteiger charge is -2.20. The molecule has 1 fully saturated rings. The minimum atomic E-state index is -1.20. The monoisotopic (exact) mass is 463 g/mol. The molecule has 176 valence electrons. The number of nitrogens with one attached hydrogen (secondary N) is 2. The summed E-state index contributed by atoms with van der Waals surface area (Å²) in [7, 11) is 0. The van der Waals surface area contributed by atoms with Crippen LogP contribution in [0, 0.1) is 0 Å². The van der Waals surface area contributed by atoms with Gasteiger partial charge in [-0.25, -0.2) is 4.79 Å². The van der Waals surface area contributed by atoms with Gasteiger partial charge in [-0.3, -0.25) is 24.1 Å². The van der Waals surface area contributed by atoms with E-state index >= 15 is 0 Å². The number of ether oxygens (including phenoxy) is 1. The molecular weight excluding hydrogens is 438 g/mol. The van der Waals surface area contributed by atoms with Crippen molar-refractivity contribution < 1.29 is 28.7 Å². The maximum absolute atomic E-state index is 12.6. The first-order valence-corrected chi connectivity index (χ1v) is 11.2. The summed E-state index contributed by atoms with van der Waals surface area (Å²) in [5.41, 5.74) is 1.05. The molecule has 34 heavy (non-hydrogen) atoms. The van der Waals surface area contributed by atoms with Crippen molar-refractivity contribution in [1.29, 1.82) is 0 Å². The van der Waals surface area contributed by atoms with Gasteiger partial charge in [-0.05, 0) is 44.0 Å². The SMILES string of the molecule is C[C@H](C(=O)OCC(=O)Nc1ccccc1C(=O)NC1CCCC1)N1C(=O)c2ccccc2C1=O. The first-order valence-electron chi connectivity index (χ1n) is 11.2. The van der Waals surface area contributed by atoms with Gasteiger partial charge < -0.3 is 15.4 Å². The highest BCUT2D eigenvalue weighted by Gasteiger charge is 2.41. The number of benzene rings is 2. The molecule has 1 aliphatic carbocycles. The number of carbonyl (C=O) groups excluding carboxylic acids is 5. The van der Waals surface area contributed by atoms with Gasteiger partial charge in [-0.1, -0.05) is 37.1 Å². The third-order valence-electron chi connectivity index (χ3n) is 6.04. The Labute approximate surface area is 196 Å². The Morgan fingerprint density at radius 3 is 2.21 bits per heavy atom. The zero-order chi connectivity index (χ0) is 24.2. The van der Waals surface area contributed by atoms with Crippen molar-refractivity contribution in [2.45, 2.75) is 44.7 Å². The van der Waals surface area contributed by atoms with E-state index in [0.717, 1.165) is 30.6 Å². The van der Waals surface area contributed by atoms with E-state index in [1.165, 1.54) is 19.1 Å². The smallest absolute Gasteiger partial charge is 0.329 e. The van der Waals surface area contributed by atoms with Crippen LogP contribution in [0.3, 0.4) is 0 Å². The lowest BCUT2D eigenvalue weighted by molar-refractivity contribution is -0.150. The summed E-state index contributed by atoms with van der Waals surface area (Å²) < 4.78 is 5.06. The normalized spacial score (nSPS) is 16.2. The van der Waals surface area contributed by atoms with Crippen molar-refractivity contribution in [3.05, 3.63) is 65.2 Å². The Bertz CT molecular complexity index is 1120. The molecule has 0 bridgehead atoms. The van der Waals surface area contributed by atoms with Crippen molar-refractivity contribution in [3.63, 3.8) is 0 Å². The number of hydrogen-bond donors (Lipinski definition) is 2. The number of imide groups is 1. The van der Waals surface area contributed by atoms with Crippen LogP contribution in [0.25, 0.3) is 0 Å². The highest BCUT2D eigenvalue weighted by Crippen LogP contribution is 2.25. The Kier molecular flexibility index (Phi) is 6.72. The summed E-state index contributed by atoms with van der Waals surface area (Å²) in [5, 5.41) is 5.56. The van der Waals surface area contributed by atoms with Crippen molar-refractivity contribution >= 4 is 35.3 Å². The first kappa shape index (κ1) is 23.2. The Hall–Kier alpha value is -4.01. The molecule has 0 saturated heterocycles. The summed E-state index contributed by atoms with van der Waals surface area (Å²) >= 11 is 0. The standard InChI is InChI=1S/C25H25N3O6/c1-15(28-23(31)17-10-4-5-11-18(17)24(28)32)25(33)34-14-21(29)27-20-13-7-6-12-19(20)22(30)26-16-8-2-3-9-16/h4-7,10-13,15-16H,2-3,8-9,14H2,1H3,(H,26,30)(H,27,29)/t15-/m1/s1. The molecule has 0 unspecified atom stereocenters. The number of anilines is 1. The van der Waals surface area contributed by atoms with Crippen LogP contribution in [0.5, 0.6) is 0 Å². The largest absolute Gasteiger partial charge is 0.454 e. The van der Waals surface area contributed by atoms with Crippen LogP contribution in [0.4, 0.5) is 5.69 Å². The average Bonchev–Trinajstić information content (AvgIpc) is 3.43. The maximum atomic E-state index is 12.6. The van der Waals surface area contributed by atoms with Gasteiger partial charge >= 0.3 is 5.97 Å². The van der Waals surface area contributed by atoms with Crippen LogP contribution in [0.15, 0.2) is 48.5 Å². The third kappa shape index (κ3) is 4.68. The average molecular weight is 463 g/mol. The van der Waals surface area contributed by atoms with Crippen molar-refractivity contribution in [2.75, 3.05) is 11.9 Å². The van der Waals surface area contributed by atoms with Gasteiger partial charge in [0.2, 0.25) is 0 Å². The highest BCUT2D eigenvalue weighted by molar-refractivity contribution is 6.22. The van der Waals surface area contributed by atoms with Crippen LogP contribution < -0.4 is 10.6 Å². The van der Waals surface area contributed by atoms with Gasteiger partial charge in [0.1, 0.15) is 6.04 Å². The number of carbonyl (C=O) groups is 5. The van der Waals surface area contributed by atoms with Gasteiger partial charge in [-0.2, -0.15) is 0 Å². The number of fused-ring (bicyclic) bond motifs is 1. The highest BCUT2D eigenvalue weighted by atomic mass is 16.5. The topological polar surface area (TPSA) is 122 Å². The van der Waals surface area contributed by atoms with Crippen LogP contribution in [-0.2, 0) is 14.3 Å². The summed E-state index contributed by atoms with van der Waals surface area (Å²) in [6, 6.07) is 11.8. The Balaban J connectivity index is 1.34. The fourth-order valence-electron chi connectivity index (χ4n) is 4.23. The number of esters is 1. The summed E-state index contributed by atoms with van der Waals surface area (Å²) in [6.45, 7) is 0.732. The molecule has 0 radical (unpaired) electrons.